The van der Waals surface area contributed by atoms with E-state index in [2.05, 4.69) is 47.6 Å². The Morgan fingerprint density at radius 3 is 2.20 bits per heavy atom. The number of carboxylic acids is 1. The number of hydrogen-bond donors (Lipinski definition) is 8. The molecule has 6 fully saturated rings. The summed E-state index contributed by atoms with van der Waals surface area (Å²) in [6.45, 7) is 14.7. The van der Waals surface area contributed by atoms with Crippen molar-refractivity contribution in [1.82, 2.24) is 0 Å². The number of carboxylic acid groups (broad SMARTS) is 1. The molecule has 13 nitrogen and oxygen atoms in total. The van der Waals surface area contributed by atoms with E-state index in [1.54, 1.807) is 0 Å². The third-order valence-corrected chi connectivity index (χ3v) is 17.3. The summed E-state index contributed by atoms with van der Waals surface area (Å²) in [6.07, 6.45) is -4.14. The van der Waals surface area contributed by atoms with Crippen LogP contribution in [0.2, 0.25) is 0 Å². The summed E-state index contributed by atoms with van der Waals surface area (Å²) >= 11 is 0. The van der Waals surface area contributed by atoms with Crippen LogP contribution in [0.1, 0.15) is 106 Å². The molecule has 0 aromatic rings. The molecule has 2 aliphatic heterocycles. The van der Waals surface area contributed by atoms with E-state index >= 15 is 0 Å². The number of rotatable bonds is 6. The number of aliphatic hydroxyl groups is 7. The largest absolute Gasteiger partial charge is 0.481 e. The van der Waals surface area contributed by atoms with Gasteiger partial charge in [0.1, 0.15) is 42.7 Å². The van der Waals surface area contributed by atoms with E-state index in [1.807, 2.05) is 6.92 Å². The average Bonchev–Trinajstić information content (AvgIpc) is 3.10. The number of hydrogen-bond acceptors (Lipinski definition) is 12. The van der Waals surface area contributed by atoms with Crippen molar-refractivity contribution in [2.24, 2.45) is 50.7 Å². The van der Waals surface area contributed by atoms with Gasteiger partial charge < -0.3 is 59.8 Å². The molecule has 7 rings (SSSR count). The summed E-state index contributed by atoms with van der Waals surface area (Å²) < 4.78 is 24.2. The second-order valence-electron chi connectivity index (χ2n) is 19.9. The van der Waals surface area contributed by atoms with Gasteiger partial charge >= 0.3 is 5.97 Å². The van der Waals surface area contributed by atoms with Gasteiger partial charge in [-0.3, -0.25) is 4.79 Å². The van der Waals surface area contributed by atoms with Crippen LogP contribution in [0, 0.1) is 50.7 Å². The Morgan fingerprint density at radius 2 is 1.54 bits per heavy atom. The zero-order valence-electron chi connectivity index (χ0n) is 33.1. The van der Waals surface area contributed by atoms with E-state index in [9.17, 15) is 45.6 Å². The molecule has 0 amide bonds. The second kappa shape index (κ2) is 13.7. The van der Waals surface area contributed by atoms with Gasteiger partial charge in [-0.15, -0.1) is 0 Å². The monoisotopic (exact) mass is 766 g/mol. The lowest BCUT2D eigenvalue weighted by atomic mass is 9.33. The number of ether oxygens (including phenoxy) is 4. The summed E-state index contributed by atoms with van der Waals surface area (Å²) in [6, 6.07) is 0. The Morgan fingerprint density at radius 1 is 0.833 bits per heavy atom. The van der Waals surface area contributed by atoms with Crippen LogP contribution in [-0.4, -0.2) is 127 Å². The Hall–Kier alpha value is -1.23. The molecule has 5 aliphatic carbocycles. The van der Waals surface area contributed by atoms with Gasteiger partial charge in [-0.1, -0.05) is 53.2 Å². The molecule has 4 saturated carbocycles. The summed E-state index contributed by atoms with van der Waals surface area (Å²) in [5.41, 5.74) is -1.77. The highest BCUT2D eigenvalue weighted by atomic mass is 16.8. The number of carbonyl (C=O) groups is 1. The van der Waals surface area contributed by atoms with Crippen molar-refractivity contribution in [2.45, 2.75) is 173 Å². The maximum atomic E-state index is 13.1. The Balaban J connectivity index is 1.14. The molecule has 0 unspecified atom stereocenters. The zero-order chi connectivity index (χ0) is 39.6. The number of aliphatic carboxylic acids is 1. The van der Waals surface area contributed by atoms with Crippen LogP contribution in [0.15, 0.2) is 11.6 Å². The maximum absolute atomic E-state index is 13.1. The predicted molar refractivity (Wildman–Crippen MR) is 193 cm³/mol. The Kier molecular flexibility index (Phi) is 10.4. The summed E-state index contributed by atoms with van der Waals surface area (Å²) in [5, 5.41) is 85.5. The van der Waals surface area contributed by atoms with Gasteiger partial charge in [-0.25, -0.2) is 0 Å². The van der Waals surface area contributed by atoms with Gasteiger partial charge in [-0.2, -0.15) is 0 Å². The fraction of sp³-hybridized carbons (Fsp3) is 0.927. The van der Waals surface area contributed by atoms with Crippen molar-refractivity contribution >= 4 is 5.97 Å². The lowest BCUT2D eigenvalue weighted by Gasteiger charge is -2.72. The molecule has 0 radical (unpaired) electrons. The minimum Gasteiger partial charge on any atom is -0.481 e. The van der Waals surface area contributed by atoms with Crippen LogP contribution < -0.4 is 0 Å². The predicted octanol–water partition coefficient (Wildman–Crippen LogP) is 2.49. The first kappa shape index (κ1) is 40.9. The maximum Gasteiger partial charge on any atom is 0.310 e. The van der Waals surface area contributed by atoms with Crippen molar-refractivity contribution < 1.29 is 64.6 Å². The molecule has 54 heavy (non-hydrogen) atoms. The summed E-state index contributed by atoms with van der Waals surface area (Å²) in [4.78, 5) is 13.1. The quantitative estimate of drug-likeness (QED) is 0.144. The molecular weight excluding hydrogens is 700 g/mol. The first-order valence-corrected chi connectivity index (χ1v) is 20.4. The molecule has 2 heterocycles. The average molecular weight is 767 g/mol. The van der Waals surface area contributed by atoms with Crippen LogP contribution in [0.3, 0.4) is 0 Å². The van der Waals surface area contributed by atoms with Gasteiger partial charge in [0.25, 0.3) is 0 Å². The van der Waals surface area contributed by atoms with Crippen LogP contribution in [0.25, 0.3) is 0 Å². The topological polar surface area (TPSA) is 216 Å². The Bertz CT molecular complexity index is 1470. The van der Waals surface area contributed by atoms with E-state index in [0.29, 0.717) is 31.6 Å². The molecule has 0 aromatic carbocycles. The number of aliphatic hydroxyl groups excluding tert-OH is 6. The molecule has 0 spiro atoms. The summed E-state index contributed by atoms with van der Waals surface area (Å²) in [5.74, 6) is -0.672. The first-order chi connectivity index (χ1) is 25.1. The number of allylic oxidation sites excluding steroid dienone is 1. The first-order valence-electron chi connectivity index (χ1n) is 20.4. The highest BCUT2D eigenvalue weighted by Crippen LogP contribution is 2.76. The molecule has 2 saturated heterocycles. The molecule has 8 N–H and O–H groups in total. The fourth-order valence-corrected chi connectivity index (χ4v) is 13.6. The molecular formula is C41H66O13. The molecule has 7 aliphatic rings. The van der Waals surface area contributed by atoms with Gasteiger partial charge in [0.05, 0.1) is 30.3 Å². The molecule has 19 atom stereocenters. The molecule has 308 valence electrons. The lowest BCUT2D eigenvalue weighted by Crippen LogP contribution is -2.68. The van der Waals surface area contributed by atoms with Gasteiger partial charge in [0, 0.05) is 5.92 Å². The van der Waals surface area contributed by atoms with E-state index in [4.69, 9.17) is 18.9 Å². The standard InChI is InChI=1S/C41H66O13/c1-20-10-15-41(35(48)49)17-16-38(5)21(32(41)40(20,7)50)8-9-25-37(4)13-12-26(36(2,3)24(37)11-14-39(25,38)6)53-34-31(27(44)22(43)19-51-34)54-33-30(47)29(46)28(45)23(18-42)52-33/h8,20,22-34,42-47,50H,9-19H2,1-7H3,(H,48,49)/t20-,22-,23-,24-,25-,26+,27-,28-,29+,30-,31+,32+,33+,34-,37+,38-,39+,40+,41+/m0/s1. The lowest BCUT2D eigenvalue weighted by molar-refractivity contribution is -0.367. The van der Waals surface area contributed by atoms with E-state index in [0.717, 1.165) is 37.7 Å². The van der Waals surface area contributed by atoms with Crippen molar-refractivity contribution in [3.63, 3.8) is 0 Å². The van der Waals surface area contributed by atoms with Gasteiger partial charge in [-0.05, 0) is 104 Å². The van der Waals surface area contributed by atoms with Crippen molar-refractivity contribution in [1.29, 1.82) is 0 Å². The third kappa shape index (κ3) is 5.68. The van der Waals surface area contributed by atoms with Crippen molar-refractivity contribution in [3.8, 4) is 0 Å². The smallest absolute Gasteiger partial charge is 0.310 e. The normalized spacial score (nSPS) is 55.7. The van der Waals surface area contributed by atoms with Crippen molar-refractivity contribution in [2.75, 3.05) is 13.2 Å². The van der Waals surface area contributed by atoms with Crippen LogP contribution >= 0.6 is 0 Å². The molecule has 0 bridgehead atoms. The molecule has 0 aromatic heterocycles. The van der Waals surface area contributed by atoms with Gasteiger partial charge in [0.2, 0.25) is 0 Å². The minimum atomic E-state index is -1.71. The third-order valence-electron chi connectivity index (χ3n) is 17.3. The van der Waals surface area contributed by atoms with E-state index in [-0.39, 0.29) is 46.2 Å². The van der Waals surface area contributed by atoms with Crippen LogP contribution in [0.5, 0.6) is 0 Å². The van der Waals surface area contributed by atoms with Gasteiger partial charge in [0.15, 0.2) is 12.6 Å². The second-order valence-corrected chi connectivity index (χ2v) is 19.9. The summed E-state index contributed by atoms with van der Waals surface area (Å²) in [7, 11) is 0. The van der Waals surface area contributed by atoms with Crippen LogP contribution in [-0.2, 0) is 23.7 Å². The minimum absolute atomic E-state index is 0.00666. The molecule has 13 heteroatoms. The van der Waals surface area contributed by atoms with E-state index in [1.165, 1.54) is 0 Å². The number of fused-ring (bicyclic) bond motifs is 7. The zero-order valence-corrected chi connectivity index (χ0v) is 33.1. The van der Waals surface area contributed by atoms with Crippen molar-refractivity contribution in [3.05, 3.63) is 11.6 Å². The van der Waals surface area contributed by atoms with E-state index < -0.39 is 84.8 Å². The SMILES string of the molecule is C[C@H]1CC[C@@]2(C(=O)O)CC[C@@]3(C)C(=CC[C@H]4[C@]5(C)CC[C@@H](O[C@@H]6OC[C@H](O)[C@H](O)[C@H]6O[C@H]6O[C@@H](CO)[C@H](O)[C@@H](O)[C@@H]6O)C(C)(C)[C@@H]5CC[C@]43C)[C@@H]2[C@]1(C)O. The highest BCUT2D eigenvalue weighted by Gasteiger charge is 2.71. The Labute approximate surface area is 319 Å². The highest BCUT2D eigenvalue weighted by molar-refractivity contribution is 5.77. The van der Waals surface area contributed by atoms with Crippen LogP contribution in [0.4, 0.5) is 0 Å². The fourth-order valence-electron chi connectivity index (χ4n) is 13.6.